The standard InChI is InChI=1S/C20H27N3O5S3/c1-3-22(4-2)20(24)16-7-9-18(10-8-16)31(27,28)23-13-11-17(12-14-23)21-30(25,26)19-6-5-15-29-19/h5-10,15,17,21H,3-4,11-14H2,1-2H3. The second-order valence-corrected chi connectivity index (χ2v) is 12.1. The number of amides is 1. The quantitative estimate of drug-likeness (QED) is 0.618. The lowest BCUT2D eigenvalue weighted by molar-refractivity contribution is 0.0773. The highest BCUT2D eigenvalue weighted by Crippen LogP contribution is 2.23. The summed E-state index contributed by atoms with van der Waals surface area (Å²) in [6.07, 6.45) is 0.782. The number of carbonyl (C=O) groups is 1. The van der Waals surface area contributed by atoms with E-state index in [1.54, 1.807) is 22.4 Å². The first kappa shape index (κ1) is 23.9. The minimum absolute atomic E-state index is 0.126. The molecule has 3 rings (SSSR count). The molecule has 1 aromatic carbocycles. The molecule has 31 heavy (non-hydrogen) atoms. The highest BCUT2D eigenvalue weighted by Gasteiger charge is 2.31. The predicted molar refractivity (Wildman–Crippen MR) is 120 cm³/mol. The van der Waals surface area contributed by atoms with Crippen molar-refractivity contribution in [1.82, 2.24) is 13.9 Å². The van der Waals surface area contributed by atoms with E-state index < -0.39 is 20.0 Å². The van der Waals surface area contributed by atoms with E-state index in [9.17, 15) is 21.6 Å². The monoisotopic (exact) mass is 485 g/mol. The first-order valence-corrected chi connectivity index (χ1v) is 13.9. The Labute approximate surface area is 188 Å². The molecule has 0 unspecified atom stereocenters. The number of nitrogens with zero attached hydrogens (tertiary/aromatic N) is 2. The summed E-state index contributed by atoms with van der Waals surface area (Å²) in [4.78, 5) is 14.2. The van der Waals surface area contributed by atoms with Crippen LogP contribution in [0.2, 0.25) is 0 Å². The van der Waals surface area contributed by atoms with E-state index in [0.717, 1.165) is 11.3 Å². The van der Waals surface area contributed by atoms with Crippen LogP contribution in [0.3, 0.4) is 0 Å². The number of carbonyl (C=O) groups excluding carboxylic acids is 1. The van der Waals surface area contributed by atoms with Crippen molar-refractivity contribution in [3.63, 3.8) is 0 Å². The largest absolute Gasteiger partial charge is 0.339 e. The number of sulfonamides is 2. The molecule has 0 spiro atoms. The van der Waals surface area contributed by atoms with E-state index in [-0.39, 0.29) is 34.1 Å². The van der Waals surface area contributed by atoms with Gasteiger partial charge in [0, 0.05) is 37.8 Å². The molecule has 1 fully saturated rings. The summed E-state index contributed by atoms with van der Waals surface area (Å²) in [6.45, 7) is 5.40. The van der Waals surface area contributed by atoms with Gasteiger partial charge in [-0.3, -0.25) is 4.79 Å². The van der Waals surface area contributed by atoms with Gasteiger partial charge in [-0.05, 0) is 62.4 Å². The highest BCUT2D eigenvalue weighted by atomic mass is 32.2. The summed E-state index contributed by atoms with van der Waals surface area (Å²) in [5.74, 6) is -0.132. The van der Waals surface area contributed by atoms with Crippen LogP contribution in [0, 0.1) is 0 Å². The fourth-order valence-corrected chi connectivity index (χ4v) is 7.30. The van der Waals surface area contributed by atoms with Crippen molar-refractivity contribution in [1.29, 1.82) is 0 Å². The van der Waals surface area contributed by atoms with Crippen molar-refractivity contribution >= 4 is 37.3 Å². The van der Waals surface area contributed by atoms with E-state index in [2.05, 4.69) is 4.72 Å². The molecule has 0 atom stereocenters. The predicted octanol–water partition coefficient (Wildman–Crippen LogP) is 2.36. The molecule has 1 amide bonds. The number of hydrogen-bond acceptors (Lipinski definition) is 6. The lowest BCUT2D eigenvalue weighted by Crippen LogP contribution is -2.46. The second kappa shape index (κ2) is 9.78. The molecule has 1 aliphatic rings. The van der Waals surface area contributed by atoms with Crippen LogP contribution in [0.1, 0.15) is 37.0 Å². The summed E-state index contributed by atoms with van der Waals surface area (Å²) in [5.41, 5.74) is 0.448. The minimum Gasteiger partial charge on any atom is -0.339 e. The number of hydrogen-bond donors (Lipinski definition) is 1. The average Bonchev–Trinajstić information content (AvgIpc) is 3.31. The molecule has 1 aliphatic heterocycles. The SMILES string of the molecule is CCN(CC)C(=O)c1ccc(S(=O)(=O)N2CCC(NS(=O)(=O)c3cccs3)CC2)cc1. The summed E-state index contributed by atoms with van der Waals surface area (Å²) in [5, 5.41) is 1.70. The van der Waals surface area contributed by atoms with Crippen molar-refractivity contribution in [3.05, 3.63) is 47.3 Å². The maximum atomic E-state index is 13.0. The van der Waals surface area contributed by atoms with Gasteiger partial charge >= 0.3 is 0 Å². The summed E-state index contributed by atoms with van der Waals surface area (Å²) >= 11 is 1.14. The molecule has 1 saturated heterocycles. The van der Waals surface area contributed by atoms with Gasteiger partial charge in [-0.2, -0.15) is 4.31 Å². The van der Waals surface area contributed by atoms with Crippen molar-refractivity contribution in [2.24, 2.45) is 0 Å². The molecule has 0 aliphatic carbocycles. The molecule has 0 radical (unpaired) electrons. The van der Waals surface area contributed by atoms with Crippen LogP contribution in [-0.2, 0) is 20.0 Å². The zero-order valence-corrected chi connectivity index (χ0v) is 20.0. The van der Waals surface area contributed by atoms with E-state index in [0.29, 0.717) is 31.5 Å². The molecular weight excluding hydrogens is 458 g/mol. The second-order valence-electron chi connectivity index (χ2n) is 7.23. The van der Waals surface area contributed by atoms with E-state index in [1.165, 1.54) is 28.6 Å². The first-order valence-electron chi connectivity index (χ1n) is 10.1. The van der Waals surface area contributed by atoms with Crippen LogP contribution >= 0.6 is 11.3 Å². The zero-order valence-electron chi connectivity index (χ0n) is 17.5. The van der Waals surface area contributed by atoms with Crippen molar-refractivity contribution in [2.75, 3.05) is 26.2 Å². The summed E-state index contributed by atoms with van der Waals surface area (Å²) in [7, 11) is -7.29. The van der Waals surface area contributed by atoms with Gasteiger partial charge in [0.2, 0.25) is 20.0 Å². The number of thiophene rings is 1. The Morgan fingerprint density at radius 2 is 1.68 bits per heavy atom. The zero-order chi connectivity index (χ0) is 22.6. The Morgan fingerprint density at radius 1 is 1.06 bits per heavy atom. The summed E-state index contributed by atoms with van der Waals surface area (Å²) in [6, 6.07) is 8.89. The molecule has 1 N–H and O–H groups in total. The fraction of sp³-hybridized carbons (Fsp3) is 0.450. The lowest BCUT2D eigenvalue weighted by atomic mass is 10.1. The summed E-state index contributed by atoms with van der Waals surface area (Å²) < 4.78 is 55.0. The molecular formula is C20H27N3O5S3. The van der Waals surface area contributed by atoms with Gasteiger partial charge < -0.3 is 4.90 Å². The number of benzene rings is 1. The Kier molecular flexibility index (Phi) is 7.53. The third-order valence-corrected chi connectivity index (χ3v) is 10.2. The van der Waals surface area contributed by atoms with Gasteiger partial charge in [-0.1, -0.05) is 6.07 Å². The van der Waals surface area contributed by atoms with Crippen LogP contribution in [0.15, 0.2) is 50.9 Å². The van der Waals surface area contributed by atoms with Crippen LogP contribution in [0.4, 0.5) is 0 Å². The van der Waals surface area contributed by atoms with Gasteiger partial charge in [0.25, 0.3) is 5.91 Å². The molecule has 0 bridgehead atoms. The van der Waals surface area contributed by atoms with Gasteiger partial charge in [-0.15, -0.1) is 11.3 Å². The number of piperidine rings is 1. The fourth-order valence-electron chi connectivity index (χ4n) is 3.52. The van der Waals surface area contributed by atoms with Crippen molar-refractivity contribution in [2.45, 2.75) is 41.8 Å². The Bertz CT molecular complexity index is 1090. The third-order valence-electron chi connectivity index (χ3n) is 5.33. The van der Waals surface area contributed by atoms with Crippen LogP contribution in [-0.4, -0.2) is 64.2 Å². The highest BCUT2D eigenvalue weighted by molar-refractivity contribution is 7.91. The van der Waals surface area contributed by atoms with Crippen LogP contribution < -0.4 is 4.72 Å². The van der Waals surface area contributed by atoms with E-state index in [1.807, 2.05) is 13.8 Å². The van der Waals surface area contributed by atoms with E-state index >= 15 is 0 Å². The van der Waals surface area contributed by atoms with Gasteiger partial charge in [0.1, 0.15) is 4.21 Å². The molecule has 2 aromatic rings. The first-order chi connectivity index (χ1) is 14.7. The third kappa shape index (κ3) is 5.35. The molecule has 2 heterocycles. The van der Waals surface area contributed by atoms with Crippen LogP contribution in [0.25, 0.3) is 0 Å². The van der Waals surface area contributed by atoms with E-state index in [4.69, 9.17) is 0 Å². The van der Waals surface area contributed by atoms with Gasteiger partial charge in [0.15, 0.2) is 0 Å². The maximum Gasteiger partial charge on any atom is 0.253 e. The molecule has 0 saturated carbocycles. The normalized spacial score (nSPS) is 16.3. The Morgan fingerprint density at radius 3 is 2.19 bits per heavy atom. The average molecular weight is 486 g/mol. The minimum atomic E-state index is -3.71. The number of rotatable bonds is 8. The van der Waals surface area contributed by atoms with Gasteiger partial charge in [-0.25, -0.2) is 21.6 Å². The Balaban J connectivity index is 1.64. The topological polar surface area (TPSA) is 104 Å². The van der Waals surface area contributed by atoms with Crippen molar-refractivity contribution < 1.29 is 21.6 Å². The van der Waals surface area contributed by atoms with Crippen molar-refractivity contribution in [3.8, 4) is 0 Å². The van der Waals surface area contributed by atoms with Gasteiger partial charge in [0.05, 0.1) is 4.90 Å². The molecule has 8 nitrogen and oxygen atoms in total. The maximum absolute atomic E-state index is 13.0. The lowest BCUT2D eigenvalue weighted by Gasteiger charge is -2.31. The number of nitrogens with one attached hydrogen (secondary N) is 1. The molecule has 170 valence electrons. The van der Waals surface area contributed by atoms with Crippen LogP contribution in [0.5, 0.6) is 0 Å². The molecule has 11 heteroatoms. The molecule has 1 aromatic heterocycles. The smallest absolute Gasteiger partial charge is 0.253 e. The Hall–Kier alpha value is -1.79.